The molecule has 0 saturated heterocycles. The number of imide groups is 1. The number of rotatable bonds is 5. The highest BCUT2D eigenvalue weighted by molar-refractivity contribution is 7.11. The molecule has 1 aromatic heterocycles. The molecular formula is C23H17F3N2O2S. The highest BCUT2D eigenvalue weighted by atomic mass is 32.1. The van der Waals surface area contributed by atoms with Crippen molar-refractivity contribution < 1.29 is 22.8 Å². The van der Waals surface area contributed by atoms with Gasteiger partial charge in [-0.1, -0.05) is 30.3 Å². The lowest BCUT2D eigenvalue weighted by Gasteiger charge is -2.25. The minimum atomic E-state index is -4.59. The van der Waals surface area contributed by atoms with Crippen LogP contribution < -0.4 is 9.80 Å². The van der Waals surface area contributed by atoms with Crippen LogP contribution in [0.5, 0.6) is 0 Å². The zero-order valence-corrected chi connectivity index (χ0v) is 17.2. The first-order valence-corrected chi connectivity index (χ1v) is 10.4. The Labute approximate surface area is 180 Å². The Morgan fingerprint density at radius 2 is 1.68 bits per heavy atom. The summed E-state index contributed by atoms with van der Waals surface area (Å²) in [6.07, 6.45) is -4.59. The quantitative estimate of drug-likeness (QED) is 0.485. The lowest BCUT2D eigenvalue weighted by atomic mass is 10.1. The molecule has 0 aliphatic carbocycles. The second-order valence-electron chi connectivity index (χ2n) is 6.77. The molecule has 0 fully saturated rings. The standard InChI is InChI=1S/C23H17F3N2O2S/c1-2-27(16-9-4-3-5-10-16)20-19(18-12-7-13-31-18)21(29)28(22(20)30)17-11-6-8-15(14-17)23(24,25)26/h3-14H,2H2,1H3. The van der Waals surface area contributed by atoms with Gasteiger partial charge in [0.15, 0.2) is 0 Å². The maximum absolute atomic E-state index is 13.5. The maximum Gasteiger partial charge on any atom is 0.416 e. The molecule has 4 rings (SSSR count). The van der Waals surface area contributed by atoms with E-state index in [0.29, 0.717) is 17.1 Å². The number of nitrogens with zero attached hydrogens (tertiary/aromatic N) is 2. The summed E-state index contributed by atoms with van der Waals surface area (Å²) in [7, 11) is 0. The molecule has 3 aromatic rings. The summed E-state index contributed by atoms with van der Waals surface area (Å²) in [5.41, 5.74) is 0.00732. The Morgan fingerprint density at radius 3 is 2.29 bits per heavy atom. The van der Waals surface area contributed by atoms with E-state index in [4.69, 9.17) is 0 Å². The Balaban J connectivity index is 1.86. The second kappa shape index (κ2) is 8.03. The fourth-order valence-corrected chi connectivity index (χ4v) is 4.31. The van der Waals surface area contributed by atoms with Crippen LogP contribution in [0.4, 0.5) is 24.5 Å². The van der Waals surface area contributed by atoms with Crippen LogP contribution in [-0.2, 0) is 15.8 Å². The Bertz CT molecular complexity index is 1160. The molecule has 0 radical (unpaired) electrons. The summed E-state index contributed by atoms with van der Waals surface area (Å²) in [6.45, 7) is 2.24. The van der Waals surface area contributed by atoms with Gasteiger partial charge in [0.2, 0.25) is 0 Å². The number of benzene rings is 2. The molecule has 2 heterocycles. The zero-order valence-electron chi connectivity index (χ0n) is 16.4. The number of alkyl halides is 3. The molecule has 2 aromatic carbocycles. The summed E-state index contributed by atoms with van der Waals surface area (Å²) >= 11 is 1.29. The summed E-state index contributed by atoms with van der Waals surface area (Å²) < 4.78 is 39.7. The molecule has 0 atom stereocenters. The molecule has 2 amide bonds. The first-order chi connectivity index (χ1) is 14.8. The molecule has 0 N–H and O–H groups in total. The van der Waals surface area contributed by atoms with Crippen LogP contribution in [0, 0.1) is 0 Å². The number of para-hydroxylation sites is 1. The minimum Gasteiger partial charge on any atom is -0.337 e. The third kappa shape index (κ3) is 3.74. The van der Waals surface area contributed by atoms with Crippen molar-refractivity contribution in [1.29, 1.82) is 0 Å². The number of halogens is 3. The summed E-state index contributed by atoms with van der Waals surface area (Å²) in [6, 6.07) is 16.8. The number of anilines is 2. The van der Waals surface area contributed by atoms with Crippen molar-refractivity contribution >= 4 is 40.1 Å². The average Bonchev–Trinajstić information content (AvgIpc) is 3.36. The number of carbonyl (C=O) groups is 2. The van der Waals surface area contributed by atoms with Gasteiger partial charge in [-0.2, -0.15) is 13.2 Å². The number of thiophene rings is 1. The van der Waals surface area contributed by atoms with E-state index >= 15 is 0 Å². The predicted molar refractivity (Wildman–Crippen MR) is 115 cm³/mol. The molecule has 1 aliphatic rings. The van der Waals surface area contributed by atoms with Crippen LogP contribution in [0.25, 0.3) is 5.57 Å². The normalized spacial score (nSPS) is 14.5. The van der Waals surface area contributed by atoms with Gasteiger partial charge < -0.3 is 4.90 Å². The topological polar surface area (TPSA) is 40.6 Å². The van der Waals surface area contributed by atoms with Crippen molar-refractivity contribution in [3.63, 3.8) is 0 Å². The van der Waals surface area contributed by atoms with Gasteiger partial charge in [0.25, 0.3) is 11.8 Å². The van der Waals surface area contributed by atoms with Crippen molar-refractivity contribution in [2.24, 2.45) is 0 Å². The van der Waals surface area contributed by atoms with Gasteiger partial charge in [0.05, 0.1) is 16.8 Å². The molecule has 1 aliphatic heterocycles. The lowest BCUT2D eigenvalue weighted by molar-refractivity contribution is -0.137. The third-order valence-corrected chi connectivity index (χ3v) is 5.80. The van der Waals surface area contributed by atoms with Crippen LogP contribution in [0.2, 0.25) is 0 Å². The van der Waals surface area contributed by atoms with Crippen molar-refractivity contribution in [1.82, 2.24) is 0 Å². The summed E-state index contributed by atoms with van der Waals surface area (Å²) in [4.78, 5) is 30.0. The number of likely N-dealkylation sites (N-methyl/N-ethyl adjacent to an activating group) is 1. The molecular weight excluding hydrogens is 425 g/mol. The molecule has 0 saturated carbocycles. The lowest BCUT2D eigenvalue weighted by Crippen LogP contribution is -2.35. The summed E-state index contributed by atoms with van der Waals surface area (Å²) in [5, 5.41) is 1.78. The maximum atomic E-state index is 13.5. The van der Waals surface area contributed by atoms with Gasteiger partial charge in [-0.15, -0.1) is 11.3 Å². The van der Waals surface area contributed by atoms with Crippen LogP contribution in [0.3, 0.4) is 0 Å². The number of amides is 2. The highest BCUT2D eigenvalue weighted by Gasteiger charge is 2.43. The number of hydrogen-bond donors (Lipinski definition) is 0. The second-order valence-corrected chi connectivity index (χ2v) is 7.72. The van der Waals surface area contributed by atoms with Gasteiger partial charge in [0.1, 0.15) is 5.70 Å². The first-order valence-electron chi connectivity index (χ1n) is 9.49. The van der Waals surface area contributed by atoms with E-state index in [1.54, 1.807) is 22.4 Å². The van der Waals surface area contributed by atoms with Gasteiger partial charge in [0, 0.05) is 17.1 Å². The van der Waals surface area contributed by atoms with Crippen LogP contribution in [-0.4, -0.2) is 18.4 Å². The van der Waals surface area contributed by atoms with E-state index in [-0.39, 0.29) is 17.0 Å². The molecule has 31 heavy (non-hydrogen) atoms. The number of hydrogen-bond acceptors (Lipinski definition) is 4. The van der Waals surface area contributed by atoms with E-state index in [2.05, 4.69) is 0 Å². The van der Waals surface area contributed by atoms with Gasteiger partial charge in [-0.3, -0.25) is 9.59 Å². The van der Waals surface area contributed by atoms with E-state index in [0.717, 1.165) is 17.0 Å². The molecule has 158 valence electrons. The molecule has 0 bridgehead atoms. The molecule has 8 heteroatoms. The highest BCUT2D eigenvalue weighted by Crippen LogP contribution is 2.39. The smallest absolute Gasteiger partial charge is 0.337 e. The van der Waals surface area contributed by atoms with E-state index in [1.807, 2.05) is 37.3 Å². The largest absolute Gasteiger partial charge is 0.416 e. The van der Waals surface area contributed by atoms with E-state index in [9.17, 15) is 22.8 Å². The fraction of sp³-hybridized carbons (Fsp3) is 0.130. The fourth-order valence-electron chi connectivity index (χ4n) is 3.55. The molecule has 4 nitrogen and oxygen atoms in total. The average molecular weight is 442 g/mol. The van der Waals surface area contributed by atoms with Crippen molar-refractivity contribution in [2.45, 2.75) is 13.1 Å². The van der Waals surface area contributed by atoms with Crippen LogP contribution >= 0.6 is 11.3 Å². The third-order valence-electron chi connectivity index (χ3n) is 4.91. The van der Waals surface area contributed by atoms with Crippen LogP contribution in [0.1, 0.15) is 17.4 Å². The predicted octanol–water partition coefficient (Wildman–Crippen LogP) is 5.58. The minimum absolute atomic E-state index is 0.113. The van der Waals surface area contributed by atoms with Gasteiger partial charge >= 0.3 is 6.18 Å². The van der Waals surface area contributed by atoms with Crippen molar-refractivity contribution in [3.8, 4) is 0 Å². The van der Waals surface area contributed by atoms with Crippen molar-refractivity contribution in [2.75, 3.05) is 16.3 Å². The Hall–Kier alpha value is -3.39. The monoisotopic (exact) mass is 442 g/mol. The van der Waals surface area contributed by atoms with Gasteiger partial charge in [-0.05, 0) is 48.7 Å². The Morgan fingerprint density at radius 1 is 0.935 bits per heavy atom. The molecule has 0 unspecified atom stereocenters. The van der Waals surface area contributed by atoms with E-state index in [1.165, 1.54) is 23.5 Å². The van der Waals surface area contributed by atoms with Crippen LogP contribution in [0.15, 0.2) is 77.8 Å². The Kier molecular flexibility index (Phi) is 5.41. The number of carbonyl (C=O) groups excluding carboxylic acids is 2. The van der Waals surface area contributed by atoms with E-state index < -0.39 is 23.6 Å². The van der Waals surface area contributed by atoms with Crippen molar-refractivity contribution in [3.05, 3.63) is 88.2 Å². The summed E-state index contributed by atoms with van der Waals surface area (Å²) in [5.74, 6) is -1.30. The first kappa shape index (κ1) is 20.9. The SMILES string of the molecule is CCN(C1=C(c2cccs2)C(=O)N(c2cccc(C(F)(F)F)c2)C1=O)c1ccccc1. The molecule has 0 spiro atoms. The zero-order chi connectivity index (χ0) is 22.2. The van der Waals surface area contributed by atoms with Gasteiger partial charge in [-0.25, -0.2) is 4.90 Å².